The molecule has 0 unspecified atom stereocenters. The van der Waals surface area contributed by atoms with Gasteiger partial charge in [-0.15, -0.1) is 11.8 Å². The number of aromatic nitrogens is 1. The van der Waals surface area contributed by atoms with Crippen LogP contribution in [0.1, 0.15) is 29.8 Å². The average molecular weight is 455 g/mol. The lowest BCUT2D eigenvalue weighted by Crippen LogP contribution is -2.24. The Morgan fingerprint density at radius 2 is 1.81 bits per heavy atom. The Labute approximate surface area is 190 Å². The van der Waals surface area contributed by atoms with Crippen molar-refractivity contribution in [3.8, 4) is 17.4 Å². The van der Waals surface area contributed by atoms with Crippen LogP contribution in [-0.4, -0.2) is 29.0 Å². The fourth-order valence-electron chi connectivity index (χ4n) is 2.74. The van der Waals surface area contributed by atoms with Gasteiger partial charge in [-0.25, -0.2) is 9.37 Å². The summed E-state index contributed by atoms with van der Waals surface area (Å²) in [6.45, 7) is 4.17. The van der Waals surface area contributed by atoms with Crippen molar-refractivity contribution in [2.45, 2.75) is 25.3 Å². The van der Waals surface area contributed by atoms with E-state index in [1.54, 1.807) is 36.5 Å². The molecule has 0 atom stereocenters. The Balaban J connectivity index is 1.50. The smallest absolute Gasteiger partial charge is 0.230 e. The Kier molecular flexibility index (Phi) is 8.21. The normalized spacial score (nSPS) is 10.5. The molecule has 1 amide bonds. The largest absolute Gasteiger partial charge is 0.494 e. The standard InChI is InChI=1S/C24H23FN2O4S/c1-3-30-19-5-7-20(8-6-19)31-24-12-17(10-11-26-24)14-27-23(29)15-32-22-9-4-18(16(2)28)13-21(22)25/h4-13H,3,14-15H2,1-2H3,(H,27,29). The third-order valence-electron chi connectivity index (χ3n) is 4.34. The van der Waals surface area contributed by atoms with Crippen molar-refractivity contribution in [1.29, 1.82) is 0 Å². The summed E-state index contributed by atoms with van der Waals surface area (Å²) in [5.41, 5.74) is 1.12. The number of nitrogens with one attached hydrogen (secondary N) is 1. The van der Waals surface area contributed by atoms with E-state index in [1.807, 2.05) is 19.1 Å². The number of rotatable bonds is 10. The predicted octanol–water partition coefficient (Wildman–Crippen LogP) is 5.02. The number of carbonyl (C=O) groups is 2. The summed E-state index contributed by atoms with van der Waals surface area (Å²) in [6, 6.07) is 15.0. The molecule has 32 heavy (non-hydrogen) atoms. The van der Waals surface area contributed by atoms with Crippen LogP contribution in [0.5, 0.6) is 17.4 Å². The van der Waals surface area contributed by atoms with Gasteiger partial charge < -0.3 is 14.8 Å². The number of hydrogen-bond donors (Lipinski definition) is 1. The van der Waals surface area contributed by atoms with E-state index in [1.165, 1.54) is 19.1 Å². The summed E-state index contributed by atoms with van der Waals surface area (Å²) in [4.78, 5) is 28.0. The van der Waals surface area contributed by atoms with Crippen LogP contribution >= 0.6 is 11.8 Å². The Morgan fingerprint density at radius 3 is 2.50 bits per heavy atom. The van der Waals surface area contributed by atoms with Gasteiger partial charge in [0.1, 0.15) is 17.3 Å². The van der Waals surface area contributed by atoms with Crippen molar-refractivity contribution in [3.63, 3.8) is 0 Å². The Morgan fingerprint density at radius 1 is 1.06 bits per heavy atom. The van der Waals surface area contributed by atoms with Crippen LogP contribution in [0.2, 0.25) is 0 Å². The molecule has 0 aliphatic rings. The number of thioether (sulfide) groups is 1. The van der Waals surface area contributed by atoms with Crippen LogP contribution in [0.3, 0.4) is 0 Å². The first kappa shape index (κ1) is 23.3. The van der Waals surface area contributed by atoms with Gasteiger partial charge in [0.25, 0.3) is 0 Å². The van der Waals surface area contributed by atoms with E-state index in [9.17, 15) is 14.0 Å². The van der Waals surface area contributed by atoms with E-state index in [0.29, 0.717) is 28.7 Å². The first-order valence-corrected chi connectivity index (χ1v) is 11.0. The van der Waals surface area contributed by atoms with Gasteiger partial charge in [0.2, 0.25) is 11.8 Å². The maximum Gasteiger partial charge on any atom is 0.230 e. The number of benzene rings is 2. The van der Waals surface area contributed by atoms with E-state index in [4.69, 9.17) is 9.47 Å². The summed E-state index contributed by atoms with van der Waals surface area (Å²) in [7, 11) is 0. The summed E-state index contributed by atoms with van der Waals surface area (Å²) in [6.07, 6.45) is 1.60. The van der Waals surface area contributed by atoms with Crippen LogP contribution in [0.25, 0.3) is 0 Å². The van der Waals surface area contributed by atoms with Crippen LogP contribution in [0.15, 0.2) is 65.7 Å². The summed E-state index contributed by atoms with van der Waals surface area (Å²) < 4.78 is 25.2. The first-order valence-electron chi connectivity index (χ1n) is 10.00. The molecule has 0 saturated heterocycles. The van der Waals surface area contributed by atoms with Gasteiger partial charge in [0.15, 0.2) is 5.78 Å². The topological polar surface area (TPSA) is 77.5 Å². The second-order valence-electron chi connectivity index (χ2n) is 6.78. The zero-order valence-electron chi connectivity index (χ0n) is 17.8. The van der Waals surface area contributed by atoms with Crippen LogP contribution < -0.4 is 14.8 Å². The molecule has 1 N–H and O–H groups in total. The highest BCUT2D eigenvalue weighted by Crippen LogP contribution is 2.24. The minimum absolute atomic E-state index is 0.0525. The van der Waals surface area contributed by atoms with Crippen LogP contribution in [0, 0.1) is 5.82 Å². The monoisotopic (exact) mass is 454 g/mol. The van der Waals surface area contributed by atoms with Gasteiger partial charge in [-0.2, -0.15) is 0 Å². The minimum Gasteiger partial charge on any atom is -0.494 e. The van der Waals surface area contributed by atoms with Crippen LogP contribution in [0.4, 0.5) is 4.39 Å². The highest BCUT2D eigenvalue weighted by atomic mass is 32.2. The molecule has 0 bridgehead atoms. The summed E-state index contributed by atoms with van der Waals surface area (Å²) >= 11 is 1.07. The van der Waals surface area contributed by atoms with E-state index in [2.05, 4.69) is 10.3 Å². The van der Waals surface area contributed by atoms with E-state index < -0.39 is 5.82 Å². The molecule has 3 aromatic rings. The van der Waals surface area contributed by atoms with Gasteiger partial charge in [0, 0.05) is 29.3 Å². The molecule has 3 rings (SSSR count). The molecule has 1 heterocycles. The SMILES string of the molecule is CCOc1ccc(Oc2cc(CNC(=O)CSc3ccc(C(C)=O)cc3F)ccn2)cc1. The molecule has 0 aliphatic carbocycles. The second-order valence-corrected chi connectivity index (χ2v) is 7.79. The first-order chi connectivity index (χ1) is 15.4. The fraction of sp³-hybridized carbons (Fsp3) is 0.208. The van der Waals surface area contributed by atoms with Gasteiger partial charge in [-0.05, 0) is 61.9 Å². The summed E-state index contributed by atoms with van der Waals surface area (Å²) in [5.74, 6) is 0.880. The lowest BCUT2D eigenvalue weighted by Gasteiger charge is -2.09. The molecule has 0 radical (unpaired) electrons. The van der Waals surface area contributed by atoms with Crippen molar-refractivity contribution in [1.82, 2.24) is 10.3 Å². The maximum absolute atomic E-state index is 14.1. The van der Waals surface area contributed by atoms with E-state index in [-0.39, 0.29) is 24.0 Å². The number of hydrogen-bond acceptors (Lipinski definition) is 6. The number of carbonyl (C=O) groups excluding carboxylic acids is 2. The highest BCUT2D eigenvalue weighted by molar-refractivity contribution is 8.00. The number of ketones is 1. The number of pyridine rings is 1. The number of ether oxygens (including phenoxy) is 2. The second kappa shape index (κ2) is 11.3. The zero-order valence-corrected chi connectivity index (χ0v) is 18.6. The number of amides is 1. The average Bonchev–Trinajstić information content (AvgIpc) is 2.78. The van der Waals surface area contributed by atoms with Crippen LogP contribution in [-0.2, 0) is 11.3 Å². The fourth-order valence-corrected chi connectivity index (χ4v) is 3.49. The van der Waals surface area contributed by atoms with Gasteiger partial charge >= 0.3 is 0 Å². The molecule has 0 spiro atoms. The minimum atomic E-state index is -0.513. The predicted molar refractivity (Wildman–Crippen MR) is 121 cm³/mol. The van der Waals surface area contributed by atoms with Crippen molar-refractivity contribution < 1.29 is 23.5 Å². The number of Topliss-reactive ketones (excluding diaryl/α,β-unsaturated/α-hetero) is 1. The molecule has 0 saturated carbocycles. The van der Waals surface area contributed by atoms with Crippen molar-refractivity contribution >= 4 is 23.5 Å². The molecule has 8 heteroatoms. The van der Waals surface area contributed by atoms with Gasteiger partial charge in [-0.3, -0.25) is 9.59 Å². The molecular formula is C24H23FN2O4S. The molecule has 0 aliphatic heterocycles. The third kappa shape index (κ3) is 6.81. The molecule has 1 aromatic heterocycles. The van der Waals surface area contributed by atoms with Crippen molar-refractivity contribution in [2.75, 3.05) is 12.4 Å². The number of nitrogens with zero attached hydrogens (tertiary/aromatic N) is 1. The molecular weight excluding hydrogens is 431 g/mol. The molecule has 2 aromatic carbocycles. The Bertz CT molecular complexity index is 1090. The highest BCUT2D eigenvalue weighted by Gasteiger charge is 2.10. The van der Waals surface area contributed by atoms with Crippen molar-refractivity contribution in [2.24, 2.45) is 0 Å². The van der Waals surface area contributed by atoms with E-state index in [0.717, 1.165) is 23.1 Å². The van der Waals surface area contributed by atoms with Gasteiger partial charge in [0.05, 0.1) is 12.4 Å². The lowest BCUT2D eigenvalue weighted by atomic mass is 10.1. The van der Waals surface area contributed by atoms with Gasteiger partial charge in [-0.1, -0.05) is 6.07 Å². The lowest BCUT2D eigenvalue weighted by molar-refractivity contribution is -0.118. The van der Waals surface area contributed by atoms with Crippen molar-refractivity contribution in [3.05, 3.63) is 77.7 Å². The maximum atomic E-state index is 14.1. The molecule has 166 valence electrons. The number of halogens is 1. The molecule has 6 nitrogen and oxygen atoms in total. The Hall–Kier alpha value is -3.39. The summed E-state index contributed by atoms with van der Waals surface area (Å²) in [5, 5.41) is 2.79. The molecule has 0 fully saturated rings. The third-order valence-corrected chi connectivity index (χ3v) is 5.39. The quantitative estimate of drug-likeness (QED) is 0.342. The zero-order chi connectivity index (χ0) is 22.9. The van der Waals surface area contributed by atoms with E-state index >= 15 is 0 Å².